The number of nitrogens with two attached hydrogens (primary N) is 1. The van der Waals surface area contributed by atoms with Crippen LogP contribution in [0.4, 0.5) is 0 Å². The van der Waals surface area contributed by atoms with Gasteiger partial charge in [-0.05, 0) is 5.56 Å². The topological polar surface area (TPSA) is 199 Å². The van der Waals surface area contributed by atoms with Crippen LogP contribution in [0.15, 0.2) is 30.3 Å². The van der Waals surface area contributed by atoms with Crippen molar-refractivity contribution in [3.05, 3.63) is 35.9 Å². The van der Waals surface area contributed by atoms with Crippen molar-refractivity contribution in [3.8, 4) is 0 Å². The smallest absolute Gasteiger partial charge is 0.300 e. The number of hydrogen-bond acceptors (Lipinski definition) is 7. The molecule has 30 heavy (non-hydrogen) atoms. The van der Waals surface area contributed by atoms with Crippen LogP contribution in [0.5, 0.6) is 0 Å². The molecule has 1 rings (SSSR count). The van der Waals surface area contributed by atoms with Gasteiger partial charge in [0.2, 0.25) is 0 Å². The maximum absolute atomic E-state index is 9.00. The van der Waals surface area contributed by atoms with Gasteiger partial charge in [0, 0.05) is 60.4 Å². The van der Waals surface area contributed by atoms with Crippen molar-refractivity contribution in [2.24, 2.45) is 5.73 Å². The molecule has 0 radical (unpaired) electrons. The summed E-state index contributed by atoms with van der Waals surface area (Å²) in [5.74, 6) is -3.33. The Morgan fingerprint density at radius 1 is 0.700 bits per heavy atom. The molecule has 0 bridgehead atoms. The van der Waals surface area contributed by atoms with Crippen molar-refractivity contribution in [2.45, 2.75) is 34.2 Å². The lowest BCUT2D eigenvalue weighted by molar-refractivity contribution is -0.135. The number of carboxylic acids is 4. The Kier molecular flexibility index (Phi) is 32.4. The summed E-state index contributed by atoms with van der Waals surface area (Å²) in [7, 11) is 0. The predicted octanol–water partition coefficient (Wildman–Crippen LogP) is 0.688. The third-order valence-electron chi connectivity index (χ3n) is 1.97. The minimum absolute atomic E-state index is 0.707. The highest BCUT2D eigenvalue weighted by Crippen LogP contribution is 1.96. The van der Waals surface area contributed by atoms with Crippen molar-refractivity contribution in [2.75, 3.05) is 26.2 Å². The number of nitrogens with one attached hydrogen (secondary N) is 2. The average Bonchev–Trinajstić information content (AvgIpc) is 2.57. The first-order chi connectivity index (χ1) is 13.9. The Morgan fingerprint density at radius 2 is 1.03 bits per heavy atom. The SMILES string of the molecule is CC(=O)O.CC(=O)O.CC(=O)O.CC(=O)O.NCCNCCNCc1ccccc1. The van der Waals surface area contributed by atoms with Gasteiger partial charge in [0.25, 0.3) is 23.9 Å². The summed E-state index contributed by atoms with van der Waals surface area (Å²) < 4.78 is 0. The largest absolute Gasteiger partial charge is 0.481 e. The summed E-state index contributed by atoms with van der Waals surface area (Å²) >= 11 is 0. The molecule has 11 heteroatoms. The van der Waals surface area contributed by atoms with E-state index in [2.05, 4.69) is 34.9 Å². The summed E-state index contributed by atoms with van der Waals surface area (Å²) in [5.41, 5.74) is 6.68. The van der Waals surface area contributed by atoms with Crippen LogP contribution in [0, 0.1) is 0 Å². The van der Waals surface area contributed by atoms with Crippen LogP contribution in [-0.4, -0.2) is 70.5 Å². The van der Waals surface area contributed by atoms with Crippen molar-refractivity contribution in [1.82, 2.24) is 10.6 Å². The highest BCUT2D eigenvalue weighted by molar-refractivity contribution is 5.63. The second kappa shape index (κ2) is 28.2. The second-order valence-electron chi connectivity index (χ2n) is 5.28. The summed E-state index contributed by atoms with van der Waals surface area (Å²) in [5, 5.41) is 36.3. The Hall–Kier alpha value is -3.02. The van der Waals surface area contributed by atoms with Gasteiger partial charge in [-0.3, -0.25) is 19.2 Å². The molecule has 11 nitrogen and oxygen atoms in total. The Labute approximate surface area is 176 Å². The highest BCUT2D eigenvalue weighted by Gasteiger charge is 1.89. The molecule has 0 aliphatic heterocycles. The quantitative estimate of drug-likeness (QED) is 0.298. The van der Waals surface area contributed by atoms with E-state index < -0.39 is 23.9 Å². The summed E-state index contributed by atoms with van der Waals surface area (Å²) in [6.07, 6.45) is 0. The van der Waals surface area contributed by atoms with E-state index in [0.717, 1.165) is 53.9 Å². The van der Waals surface area contributed by atoms with Crippen LogP contribution in [0.1, 0.15) is 33.3 Å². The molecule has 0 unspecified atom stereocenters. The normalized spacial score (nSPS) is 8.17. The fraction of sp³-hybridized carbons (Fsp3) is 0.474. The molecule has 0 aromatic heterocycles. The minimum atomic E-state index is -0.833. The Balaban J connectivity index is -0.000000174. The maximum Gasteiger partial charge on any atom is 0.300 e. The van der Waals surface area contributed by atoms with Crippen molar-refractivity contribution < 1.29 is 39.6 Å². The number of hydrogen-bond donors (Lipinski definition) is 7. The van der Waals surface area contributed by atoms with Gasteiger partial charge < -0.3 is 36.8 Å². The van der Waals surface area contributed by atoms with Crippen LogP contribution in [0.25, 0.3) is 0 Å². The van der Waals surface area contributed by atoms with Gasteiger partial charge in [-0.25, -0.2) is 0 Å². The average molecular weight is 434 g/mol. The van der Waals surface area contributed by atoms with Crippen LogP contribution in [0.3, 0.4) is 0 Å². The van der Waals surface area contributed by atoms with E-state index in [1.54, 1.807) is 0 Å². The first-order valence-electron chi connectivity index (χ1n) is 8.80. The Bertz CT molecular complexity index is 490. The summed E-state index contributed by atoms with van der Waals surface area (Å²) in [4.78, 5) is 36.0. The molecule has 0 amide bonds. The van der Waals surface area contributed by atoms with E-state index in [-0.39, 0.29) is 0 Å². The summed E-state index contributed by atoms with van der Waals surface area (Å²) in [6, 6.07) is 10.4. The van der Waals surface area contributed by atoms with E-state index in [1.165, 1.54) is 5.56 Å². The van der Waals surface area contributed by atoms with E-state index in [0.29, 0.717) is 6.54 Å². The number of benzene rings is 1. The fourth-order valence-electron chi connectivity index (χ4n) is 1.23. The molecule has 8 N–H and O–H groups in total. The van der Waals surface area contributed by atoms with E-state index >= 15 is 0 Å². The van der Waals surface area contributed by atoms with Crippen molar-refractivity contribution in [1.29, 1.82) is 0 Å². The number of carboxylic acid groups (broad SMARTS) is 4. The molecule has 0 saturated heterocycles. The predicted molar refractivity (Wildman–Crippen MR) is 113 cm³/mol. The molecule has 174 valence electrons. The number of rotatable bonds is 7. The van der Waals surface area contributed by atoms with Gasteiger partial charge in [0.15, 0.2) is 0 Å². The van der Waals surface area contributed by atoms with E-state index in [9.17, 15) is 0 Å². The zero-order chi connectivity index (χ0) is 24.4. The molecule has 0 aliphatic rings. The Morgan fingerprint density at radius 3 is 1.37 bits per heavy atom. The lowest BCUT2D eigenvalue weighted by Gasteiger charge is -2.05. The lowest BCUT2D eigenvalue weighted by Crippen LogP contribution is -2.30. The number of carbonyl (C=O) groups is 4. The molecule has 1 aromatic rings. The monoisotopic (exact) mass is 433 g/mol. The lowest BCUT2D eigenvalue weighted by atomic mass is 10.2. The third-order valence-corrected chi connectivity index (χ3v) is 1.97. The molecule has 0 saturated carbocycles. The molecule has 0 atom stereocenters. The standard InChI is InChI=1S/C11H19N3.4C2H4O2/c12-6-7-13-8-9-14-10-11-4-2-1-3-5-11;4*1-2(3)4/h1-5,13-14H,6-10,12H2;4*1H3,(H,3,4). The zero-order valence-corrected chi connectivity index (χ0v) is 17.9. The van der Waals surface area contributed by atoms with Gasteiger partial charge in [-0.15, -0.1) is 0 Å². The third kappa shape index (κ3) is 85.3. The zero-order valence-electron chi connectivity index (χ0n) is 17.9. The van der Waals surface area contributed by atoms with Gasteiger partial charge in [0.1, 0.15) is 0 Å². The van der Waals surface area contributed by atoms with Gasteiger partial charge in [-0.2, -0.15) is 0 Å². The molecule has 0 heterocycles. The first kappa shape index (κ1) is 34.5. The van der Waals surface area contributed by atoms with Crippen LogP contribution >= 0.6 is 0 Å². The molecule has 0 fully saturated rings. The van der Waals surface area contributed by atoms with Crippen molar-refractivity contribution >= 4 is 23.9 Å². The molecular formula is C19H35N3O8. The molecule has 0 spiro atoms. The summed E-state index contributed by atoms with van der Waals surface area (Å²) in [6.45, 7) is 8.83. The molecule has 1 aromatic carbocycles. The highest BCUT2D eigenvalue weighted by atomic mass is 16.4. The van der Waals surface area contributed by atoms with Crippen LogP contribution in [0.2, 0.25) is 0 Å². The van der Waals surface area contributed by atoms with Gasteiger partial charge in [0.05, 0.1) is 0 Å². The van der Waals surface area contributed by atoms with E-state index in [4.69, 9.17) is 45.3 Å². The van der Waals surface area contributed by atoms with Crippen LogP contribution in [-0.2, 0) is 25.7 Å². The second-order valence-corrected chi connectivity index (χ2v) is 5.28. The van der Waals surface area contributed by atoms with Gasteiger partial charge >= 0.3 is 0 Å². The van der Waals surface area contributed by atoms with Crippen molar-refractivity contribution in [3.63, 3.8) is 0 Å². The fourth-order valence-corrected chi connectivity index (χ4v) is 1.23. The molecular weight excluding hydrogens is 398 g/mol. The number of aliphatic carboxylic acids is 4. The molecule has 0 aliphatic carbocycles. The maximum atomic E-state index is 9.00. The minimum Gasteiger partial charge on any atom is -0.481 e. The van der Waals surface area contributed by atoms with Gasteiger partial charge in [-0.1, -0.05) is 30.3 Å². The van der Waals surface area contributed by atoms with Crippen LogP contribution < -0.4 is 16.4 Å². The van der Waals surface area contributed by atoms with E-state index in [1.807, 2.05) is 6.07 Å². The first-order valence-corrected chi connectivity index (χ1v) is 8.80.